The van der Waals surface area contributed by atoms with Crippen molar-refractivity contribution in [3.05, 3.63) is 101 Å². The summed E-state index contributed by atoms with van der Waals surface area (Å²) in [5.41, 5.74) is 4.80. The molecule has 1 atom stereocenters. The summed E-state index contributed by atoms with van der Waals surface area (Å²) in [6.45, 7) is 4.14. The first-order chi connectivity index (χ1) is 14.4. The highest BCUT2D eigenvalue weighted by molar-refractivity contribution is 7.99. The molecule has 0 radical (unpaired) electrons. The van der Waals surface area contributed by atoms with Gasteiger partial charge < -0.3 is 9.67 Å². The van der Waals surface area contributed by atoms with Crippen molar-refractivity contribution in [1.29, 1.82) is 0 Å². The zero-order valence-corrected chi connectivity index (χ0v) is 19.5. The monoisotopic (exact) mass is 438 g/mol. The molecule has 3 aromatic rings. The van der Waals surface area contributed by atoms with E-state index in [1.54, 1.807) is 11.8 Å². The van der Waals surface area contributed by atoms with Gasteiger partial charge in [-0.15, -0.1) is 11.8 Å². The molecule has 0 aromatic heterocycles. The van der Waals surface area contributed by atoms with E-state index in [1.807, 2.05) is 30.3 Å². The Morgan fingerprint density at radius 2 is 1.23 bits per heavy atom. The maximum atomic E-state index is 14.0. The van der Waals surface area contributed by atoms with E-state index in [0.29, 0.717) is 18.1 Å². The molecule has 0 bridgehead atoms. The Morgan fingerprint density at radius 3 is 1.70 bits per heavy atom. The van der Waals surface area contributed by atoms with Crippen LogP contribution in [0.4, 0.5) is 0 Å². The van der Waals surface area contributed by atoms with Crippen LogP contribution in [0.15, 0.2) is 83.8 Å². The maximum absolute atomic E-state index is 14.0. The molecular weight excluding hydrogens is 407 g/mol. The summed E-state index contributed by atoms with van der Waals surface area (Å²) in [5, 5.41) is 11.0. The smallest absolute Gasteiger partial charge is 0.116 e. The van der Waals surface area contributed by atoms with Crippen molar-refractivity contribution in [3.63, 3.8) is 0 Å². The third-order valence-corrected chi connectivity index (χ3v) is 10.0. The van der Waals surface area contributed by atoms with Crippen LogP contribution >= 0.6 is 18.9 Å². The fourth-order valence-corrected chi connectivity index (χ4v) is 7.47. The fourth-order valence-electron chi connectivity index (χ4n) is 3.38. The van der Waals surface area contributed by atoms with Crippen LogP contribution in [0.3, 0.4) is 0 Å². The average Bonchev–Trinajstić information content (AvgIpc) is 2.77. The Bertz CT molecular complexity index is 899. The standard InChI is InChI=1S/C26H31O2PS/c1-21-8-12-23(13-9-21)16-18-29(28,19-17-24-14-10-22(2)11-15-24)26(27)20-30-25-6-4-3-5-7-25/h3-15,26-27H,16-20H2,1-2H3. The molecule has 0 aliphatic carbocycles. The van der Waals surface area contributed by atoms with Crippen LogP contribution in [0.5, 0.6) is 0 Å². The number of hydrogen-bond acceptors (Lipinski definition) is 3. The molecule has 0 saturated heterocycles. The molecule has 158 valence electrons. The van der Waals surface area contributed by atoms with Gasteiger partial charge in [0.2, 0.25) is 0 Å². The molecule has 30 heavy (non-hydrogen) atoms. The van der Waals surface area contributed by atoms with Crippen molar-refractivity contribution in [3.8, 4) is 0 Å². The number of rotatable bonds is 10. The highest BCUT2D eigenvalue weighted by Crippen LogP contribution is 2.51. The van der Waals surface area contributed by atoms with Gasteiger partial charge in [0.1, 0.15) is 13.0 Å². The van der Waals surface area contributed by atoms with E-state index in [4.69, 9.17) is 0 Å². The second-order valence-electron chi connectivity index (χ2n) is 7.98. The molecule has 0 aliphatic heterocycles. The normalized spacial score (nSPS) is 12.6. The Labute approximate surface area is 185 Å². The van der Waals surface area contributed by atoms with Gasteiger partial charge in [-0.1, -0.05) is 77.9 Å². The van der Waals surface area contributed by atoms with E-state index in [1.165, 1.54) is 22.3 Å². The van der Waals surface area contributed by atoms with Gasteiger partial charge in [0.05, 0.1) is 0 Å². The lowest BCUT2D eigenvalue weighted by Crippen LogP contribution is -2.18. The van der Waals surface area contributed by atoms with E-state index >= 15 is 0 Å². The average molecular weight is 439 g/mol. The van der Waals surface area contributed by atoms with E-state index in [2.05, 4.69) is 62.4 Å². The zero-order chi connectivity index (χ0) is 21.4. The lowest BCUT2D eigenvalue weighted by Gasteiger charge is -2.24. The molecule has 4 heteroatoms. The van der Waals surface area contributed by atoms with E-state index in [-0.39, 0.29) is 0 Å². The van der Waals surface area contributed by atoms with Gasteiger partial charge in [-0.3, -0.25) is 0 Å². The molecule has 0 amide bonds. The van der Waals surface area contributed by atoms with Crippen LogP contribution in [0.2, 0.25) is 0 Å². The third-order valence-electron chi connectivity index (χ3n) is 5.48. The summed E-state index contributed by atoms with van der Waals surface area (Å²) < 4.78 is 14.0. The lowest BCUT2D eigenvalue weighted by molar-refractivity contribution is 0.271. The van der Waals surface area contributed by atoms with Crippen molar-refractivity contribution in [2.24, 2.45) is 0 Å². The Balaban J connectivity index is 1.69. The van der Waals surface area contributed by atoms with Crippen LogP contribution in [0.25, 0.3) is 0 Å². The summed E-state index contributed by atoms with van der Waals surface area (Å²) in [5.74, 6) is -0.332. The number of hydrogen-bond donors (Lipinski definition) is 1. The summed E-state index contributed by atoms with van der Waals surface area (Å²) in [7, 11) is -2.77. The van der Waals surface area contributed by atoms with E-state index < -0.39 is 13.0 Å². The number of aryl methyl sites for hydroxylation is 4. The molecule has 0 saturated carbocycles. The Kier molecular flexibility index (Phi) is 8.39. The number of benzene rings is 3. The van der Waals surface area contributed by atoms with Gasteiger partial charge in [0.15, 0.2) is 0 Å². The maximum Gasteiger partial charge on any atom is 0.116 e. The topological polar surface area (TPSA) is 37.3 Å². The zero-order valence-electron chi connectivity index (χ0n) is 17.8. The number of thioether (sulfide) groups is 1. The second-order valence-corrected chi connectivity index (χ2v) is 12.5. The molecule has 1 N–H and O–H groups in total. The molecule has 2 nitrogen and oxygen atoms in total. The molecule has 3 aromatic carbocycles. The Hall–Kier alpha value is -1.80. The second kappa shape index (κ2) is 11.0. The summed E-state index contributed by atoms with van der Waals surface area (Å²) in [6, 6.07) is 26.8. The van der Waals surface area contributed by atoms with Crippen LogP contribution in [0.1, 0.15) is 22.3 Å². The summed E-state index contributed by atoms with van der Waals surface area (Å²) >= 11 is 1.58. The van der Waals surface area contributed by atoms with E-state index in [9.17, 15) is 9.67 Å². The highest BCUT2D eigenvalue weighted by atomic mass is 32.2. The quantitative estimate of drug-likeness (QED) is 0.288. The first-order valence-electron chi connectivity index (χ1n) is 10.5. The van der Waals surface area contributed by atoms with Crippen LogP contribution in [-0.2, 0) is 17.4 Å². The first kappa shape index (κ1) is 22.9. The van der Waals surface area contributed by atoms with Gasteiger partial charge in [0, 0.05) is 23.0 Å². The minimum atomic E-state index is -2.77. The number of aliphatic hydroxyl groups is 1. The highest BCUT2D eigenvalue weighted by Gasteiger charge is 2.31. The van der Waals surface area contributed by atoms with Crippen molar-refractivity contribution >= 4 is 18.9 Å². The minimum absolute atomic E-state index is 0.461. The predicted octanol–water partition coefficient (Wildman–Crippen LogP) is 6.56. The largest absolute Gasteiger partial charge is 0.385 e. The van der Waals surface area contributed by atoms with Gasteiger partial charge in [0.25, 0.3) is 0 Å². The SMILES string of the molecule is Cc1ccc(CCP(=O)(CCc2ccc(C)cc2)C(O)CSc2ccccc2)cc1. The van der Waals surface area contributed by atoms with Crippen molar-refractivity contribution in [1.82, 2.24) is 0 Å². The third kappa shape index (κ3) is 6.87. The number of aliphatic hydroxyl groups excluding tert-OH is 1. The van der Waals surface area contributed by atoms with Gasteiger partial charge in [-0.2, -0.15) is 0 Å². The minimum Gasteiger partial charge on any atom is -0.385 e. The molecule has 0 heterocycles. The lowest BCUT2D eigenvalue weighted by atomic mass is 10.1. The van der Waals surface area contributed by atoms with Crippen molar-refractivity contribution in [2.75, 3.05) is 18.1 Å². The van der Waals surface area contributed by atoms with Crippen molar-refractivity contribution in [2.45, 2.75) is 37.4 Å². The molecule has 0 spiro atoms. The summed E-state index contributed by atoms with van der Waals surface area (Å²) in [4.78, 5) is 1.10. The molecule has 0 fully saturated rings. The van der Waals surface area contributed by atoms with Crippen LogP contribution in [0, 0.1) is 13.8 Å². The molecule has 3 rings (SSSR count). The summed E-state index contributed by atoms with van der Waals surface area (Å²) in [6.07, 6.45) is 2.55. The molecule has 0 aliphatic rings. The first-order valence-corrected chi connectivity index (χ1v) is 13.6. The molecule has 1 unspecified atom stereocenters. The van der Waals surface area contributed by atoms with Crippen LogP contribution < -0.4 is 0 Å². The van der Waals surface area contributed by atoms with Gasteiger partial charge in [-0.25, -0.2) is 0 Å². The molecular formula is C26H31O2PS. The van der Waals surface area contributed by atoms with Gasteiger partial charge >= 0.3 is 0 Å². The Morgan fingerprint density at radius 1 is 0.767 bits per heavy atom. The van der Waals surface area contributed by atoms with Crippen LogP contribution in [-0.4, -0.2) is 29.0 Å². The van der Waals surface area contributed by atoms with Gasteiger partial charge in [-0.05, 0) is 49.9 Å². The van der Waals surface area contributed by atoms with E-state index in [0.717, 1.165) is 17.7 Å². The predicted molar refractivity (Wildman–Crippen MR) is 130 cm³/mol. The van der Waals surface area contributed by atoms with Crippen molar-refractivity contribution < 1.29 is 9.67 Å². The fraction of sp³-hybridized carbons (Fsp3) is 0.308.